The van der Waals surface area contributed by atoms with Crippen LogP contribution in [0.1, 0.15) is 98.0 Å². The molecule has 11 atom stereocenters. The van der Waals surface area contributed by atoms with Gasteiger partial charge in [0.2, 0.25) is 0 Å². The maximum absolute atomic E-state index is 15.9. The van der Waals surface area contributed by atoms with E-state index >= 15 is 4.79 Å². The standard InChI is InChI=1S/C50H63NO16/c1-26(2)20-32(51-45(59)67-46(5,6)7)38(55)44(58)63-33-24-50(60)42(65-43(57)30-17-13-12-14-18-30)40-48(10,34(53)23-35-49(40,25-62-35)66-28(4)52)41(56)39(37(27(33)3)47(50,8)9)64-36(54)22-29-16-15-19-31(21-29)61-11/h12-21,32-35,38-40,42,53,55,60H,22-25H2,1-11H3,(H,51,59)/t32-,33-,34-,35+,38+,39+,40-,42-,48+,49-,50+/m0/s1. The molecule has 1 saturated heterocycles. The summed E-state index contributed by atoms with van der Waals surface area (Å²) in [6, 6.07) is 13.1. The second-order valence-corrected chi connectivity index (χ2v) is 20.0. The Kier molecular flexibility index (Phi) is 14.3. The van der Waals surface area contributed by atoms with Gasteiger partial charge in [-0.3, -0.25) is 14.4 Å². The number of ether oxygens (including phenoxy) is 7. The Morgan fingerprint density at radius 2 is 1.64 bits per heavy atom. The molecule has 6 rings (SSSR count). The normalized spacial score (nSPS) is 30.5. The first-order valence-corrected chi connectivity index (χ1v) is 22.3. The molecule has 0 radical (unpaired) electrons. The highest BCUT2D eigenvalue weighted by atomic mass is 16.6. The number of aliphatic hydroxyl groups is 3. The summed E-state index contributed by atoms with van der Waals surface area (Å²) >= 11 is 0. The molecule has 0 unspecified atom stereocenters. The fourth-order valence-electron chi connectivity index (χ4n) is 10.3. The number of esters is 4. The number of methoxy groups -OCH3 is 1. The van der Waals surface area contributed by atoms with Crippen LogP contribution in [0.5, 0.6) is 5.75 Å². The number of Topliss-reactive ketones (excluding diaryl/α,β-unsaturated/α-hetero) is 1. The number of nitrogens with one attached hydrogen (secondary N) is 1. The highest BCUT2D eigenvalue weighted by Crippen LogP contribution is 2.64. The molecule has 4 aliphatic rings. The van der Waals surface area contributed by atoms with E-state index in [2.05, 4.69) is 5.32 Å². The first-order chi connectivity index (χ1) is 31.2. The van der Waals surface area contributed by atoms with E-state index in [0.717, 1.165) is 6.92 Å². The molecule has 1 aliphatic heterocycles. The van der Waals surface area contributed by atoms with E-state index in [-0.39, 0.29) is 36.2 Å². The second-order valence-electron chi connectivity index (χ2n) is 20.0. The molecule has 1 amide bonds. The maximum atomic E-state index is 15.9. The number of carbonyl (C=O) groups excluding carboxylic acids is 6. The number of ketones is 1. The van der Waals surface area contributed by atoms with Crippen molar-refractivity contribution in [1.82, 2.24) is 5.32 Å². The fourth-order valence-corrected chi connectivity index (χ4v) is 10.3. The van der Waals surface area contributed by atoms with E-state index < -0.39 is 118 Å². The molecule has 3 fully saturated rings. The minimum Gasteiger partial charge on any atom is -0.497 e. The van der Waals surface area contributed by atoms with Gasteiger partial charge in [-0.2, -0.15) is 0 Å². The third kappa shape index (κ3) is 9.60. The number of benzene rings is 2. The van der Waals surface area contributed by atoms with Crippen LogP contribution in [0.15, 0.2) is 77.4 Å². The van der Waals surface area contributed by atoms with Crippen LogP contribution in [-0.4, -0.2) is 124 Å². The van der Waals surface area contributed by atoms with Gasteiger partial charge in [-0.25, -0.2) is 14.4 Å². The quantitative estimate of drug-likeness (QED) is 0.129. The van der Waals surface area contributed by atoms with Crippen molar-refractivity contribution in [2.75, 3.05) is 13.7 Å². The zero-order chi connectivity index (χ0) is 49.6. The molecule has 0 aromatic heterocycles. The molecule has 2 saturated carbocycles. The molecular formula is C50H63NO16. The highest BCUT2D eigenvalue weighted by molar-refractivity contribution is 5.96. The lowest BCUT2D eigenvalue weighted by atomic mass is 9.44. The van der Waals surface area contributed by atoms with Crippen molar-refractivity contribution in [2.45, 2.75) is 148 Å². The first kappa shape index (κ1) is 50.8. The van der Waals surface area contributed by atoms with Crippen LogP contribution in [0.3, 0.4) is 0 Å². The Labute approximate surface area is 390 Å². The molecule has 0 spiro atoms. The van der Waals surface area contributed by atoms with Gasteiger partial charge in [-0.15, -0.1) is 0 Å². The number of carbonyl (C=O) groups is 6. The van der Waals surface area contributed by atoms with Gasteiger partial charge in [-0.1, -0.05) is 55.8 Å². The molecule has 3 aliphatic carbocycles. The minimum atomic E-state index is -2.44. The minimum absolute atomic E-state index is 0.0357. The number of rotatable bonds is 12. The Balaban J connectivity index is 1.56. The lowest BCUT2D eigenvalue weighted by molar-refractivity contribution is -0.346. The summed E-state index contributed by atoms with van der Waals surface area (Å²) < 4.78 is 41.6. The molecule has 2 aromatic carbocycles. The first-order valence-electron chi connectivity index (χ1n) is 22.3. The summed E-state index contributed by atoms with van der Waals surface area (Å²) in [6.07, 6.45) is -10.7. The molecule has 4 N–H and O–H groups in total. The number of hydrogen-bond donors (Lipinski definition) is 4. The topological polar surface area (TPSA) is 240 Å². The maximum Gasteiger partial charge on any atom is 0.408 e. The van der Waals surface area contributed by atoms with Crippen molar-refractivity contribution >= 4 is 35.8 Å². The van der Waals surface area contributed by atoms with E-state index in [4.69, 9.17) is 33.2 Å². The lowest BCUT2D eigenvalue weighted by Crippen LogP contribution is -2.82. The van der Waals surface area contributed by atoms with E-state index in [1.807, 2.05) is 0 Å². The molecular weight excluding hydrogens is 871 g/mol. The number of alkyl carbamates (subject to hydrolysis) is 1. The summed E-state index contributed by atoms with van der Waals surface area (Å²) in [5.41, 5.74) is -7.78. The van der Waals surface area contributed by atoms with Crippen molar-refractivity contribution in [3.8, 4) is 5.75 Å². The summed E-state index contributed by atoms with van der Waals surface area (Å²) in [4.78, 5) is 84.9. The molecule has 17 nitrogen and oxygen atoms in total. The SMILES string of the molecule is COc1cccc(CC(=O)O[C@H]2C(=O)[C@@]3(C)[C@H]([C@H](OC(=O)c4ccccc4)[C@]4(O)C[C@H](OC(=O)[C@H](O)[C@H](C=C(C)C)NC(=O)OC(C)(C)C)C(C)=C2C4(C)C)[C@]2(OC(C)=O)CO[C@@H]2C[C@@H]3O)c1. The fraction of sp³-hybridized carbons (Fsp3) is 0.560. The van der Waals surface area contributed by atoms with Crippen LogP contribution in [0, 0.1) is 16.7 Å². The van der Waals surface area contributed by atoms with Crippen LogP contribution >= 0.6 is 0 Å². The van der Waals surface area contributed by atoms with Gasteiger partial charge < -0.3 is 53.8 Å². The monoisotopic (exact) mass is 933 g/mol. The lowest BCUT2D eigenvalue weighted by Gasteiger charge is -2.67. The third-order valence-corrected chi connectivity index (χ3v) is 13.7. The number of amides is 1. The highest BCUT2D eigenvalue weighted by Gasteiger charge is 2.78. The van der Waals surface area contributed by atoms with E-state index in [1.54, 1.807) is 90.9 Å². The Morgan fingerprint density at radius 1 is 0.970 bits per heavy atom. The van der Waals surface area contributed by atoms with Crippen molar-refractivity contribution in [3.05, 3.63) is 88.5 Å². The van der Waals surface area contributed by atoms with Crippen LogP contribution in [-0.2, 0) is 54.0 Å². The Hall–Kier alpha value is -5.62. The average Bonchev–Trinajstić information content (AvgIpc) is 3.23. The van der Waals surface area contributed by atoms with Gasteiger partial charge in [0.1, 0.15) is 35.3 Å². The summed E-state index contributed by atoms with van der Waals surface area (Å²) in [5.74, 6) is -5.94. The zero-order valence-corrected chi connectivity index (χ0v) is 39.9. The van der Waals surface area contributed by atoms with E-state index in [0.29, 0.717) is 16.9 Å². The number of allylic oxidation sites excluding steroid dienone is 1. The predicted molar refractivity (Wildman–Crippen MR) is 238 cm³/mol. The number of hydrogen-bond acceptors (Lipinski definition) is 16. The van der Waals surface area contributed by atoms with Crippen molar-refractivity contribution in [3.63, 3.8) is 0 Å². The predicted octanol–water partition coefficient (Wildman–Crippen LogP) is 4.66. The zero-order valence-electron chi connectivity index (χ0n) is 39.9. The molecule has 67 heavy (non-hydrogen) atoms. The Morgan fingerprint density at radius 3 is 2.22 bits per heavy atom. The van der Waals surface area contributed by atoms with Crippen molar-refractivity contribution < 1.29 is 77.2 Å². The van der Waals surface area contributed by atoms with Gasteiger partial charge in [0, 0.05) is 25.2 Å². The van der Waals surface area contributed by atoms with Gasteiger partial charge >= 0.3 is 30.0 Å². The number of fused-ring (bicyclic) bond motifs is 5. The summed E-state index contributed by atoms with van der Waals surface area (Å²) in [7, 11) is 1.46. The van der Waals surface area contributed by atoms with Gasteiger partial charge in [0.25, 0.3) is 0 Å². The smallest absolute Gasteiger partial charge is 0.408 e. The van der Waals surface area contributed by atoms with Crippen LogP contribution in [0.2, 0.25) is 0 Å². The molecule has 364 valence electrons. The van der Waals surface area contributed by atoms with E-state index in [1.165, 1.54) is 39.2 Å². The van der Waals surface area contributed by atoms with Crippen molar-refractivity contribution in [2.24, 2.45) is 16.7 Å². The van der Waals surface area contributed by atoms with Crippen LogP contribution in [0.4, 0.5) is 4.79 Å². The average molecular weight is 934 g/mol. The Bertz CT molecular complexity index is 2330. The molecule has 17 heteroatoms. The molecule has 1 heterocycles. The molecule has 2 aromatic rings. The largest absolute Gasteiger partial charge is 0.497 e. The third-order valence-electron chi connectivity index (χ3n) is 13.7. The van der Waals surface area contributed by atoms with Crippen LogP contribution in [0.25, 0.3) is 0 Å². The van der Waals surface area contributed by atoms with E-state index in [9.17, 15) is 39.3 Å². The second kappa shape index (κ2) is 18.8. The van der Waals surface area contributed by atoms with Gasteiger partial charge in [0.05, 0.1) is 49.2 Å². The molecule has 2 bridgehead atoms. The van der Waals surface area contributed by atoms with Crippen molar-refractivity contribution in [1.29, 1.82) is 0 Å². The van der Waals surface area contributed by atoms with Gasteiger partial charge in [0.15, 0.2) is 23.6 Å². The summed E-state index contributed by atoms with van der Waals surface area (Å²) in [6.45, 7) is 15.1. The van der Waals surface area contributed by atoms with Crippen LogP contribution < -0.4 is 10.1 Å². The van der Waals surface area contributed by atoms with Gasteiger partial charge in [-0.05, 0) is 89.4 Å². The number of aliphatic hydroxyl groups excluding tert-OH is 2. The summed E-state index contributed by atoms with van der Waals surface area (Å²) in [5, 5.41) is 40.2.